The minimum atomic E-state index is -0.404. The van der Waals surface area contributed by atoms with E-state index in [-0.39, 0.29) is 6.04 Å². The molecule has 5 N–H and O–H groups in total. The van der Waals surface area contributed by atoms with Crippen molar-refractivity contribution in [2.45, 2.75) is 57.7 Å². The fourth-order valence-electron chi connectivity index (χ4n) is 5.17. The summed E-state index contributed by atoms with van der Waals surface area (Å²) in [7, 11) is 4.11. The number of nitrogens with one attached hydrogen (secondary N) is 1. The lowest BCUT2D eigenvalue weighted by Gasteiger charge is -2.38. The minimum absolute atomic E-state index is 0.0652. The molecule has 0 spiro atoms. The highest BCUT2D eigenvalue weighted by Crippen LogP contribution is 2.34. The Hall–Kier alpha value is -3.32. The first-order valence-corrected chi connectivity index (χ1v) is 12.2. The Morgan fingerprint density at radius 1 is 1.06 bits per heavy atom. The van der Waals surface area contributed by atoms with E-state index in [0.717, 1.165) is 71.3 Å². The van der Waals surface area contributed by atoms with Crippen LogP contribution in [0.5, 0.6) is 0 Å². The van der Waals surface area contributed by atoms with Crippen molar-refractivity contribution in [3.05, 3.63) is 59.7 Å². The zero-order chi connectivity index (χ0) is 24.2. The zero-order valence-corrected chi connectivity index (χ0v) is 20.4. The van der Waals surface area contributed by atoms with E-state index in [1.54, 1.807) is 4.90 Å². The molecule has 7 nitrogen and oxygen atoms in total. The smallest absolute Gasteiger partial charge is 0.319 e. The van der Waals surface area contributed by atoms with E-state index in [0.29, 0.717) is 12.6 Å². The van der Waals surface area contributed by atoms with Gasteiger partial charge in [0.15, 0.2) is 0 Å². The number of urea groups is 1. The van der Waals surface area contributed by atoms with Gasteiger partial charge in [0.25, 0.3) is 0 Å². The minimum Gasteiger partial charge on any atom is -0.377 e. The van der Waals surface area contributed by atoms with Crippen LogP contribution in [0.1, 0.15) is 43.7 Å². The molecular formula is C27H36N6O. The molecule has 1 fully saturated rings. The van der Waals surface area contributed by atoms with Gasteiger partial charge in [-0.2, -0.15) is 0 Å². The molecule has 0 aliphatic heterocycles. The first-order chi connectivity index (χ1) is 16.4. The first kappa shape index (κ1) is 23.8. The van der Waals surface area contributed by atoms with Crippen molar-refractivity contribution in [1.82, 2.24) is 4.98 Å². The maximum absolute atomic E-state index is 12.6. The van der Waals surface area contributed by atoms with Gasteiger partial charge in [-0.25, -0.2) is 9.78 Å². The lowest BCUT2D eigenvalue weighted by atomic mass is 9.89. The predicted octanol–water partition coefficient (Wildman–Crippen LogP) is 4.63. The van der Waals surface area contributed by atoms with Crippen LogP contribution < -0.4 is 26.6 Å². The fraction of sp³-hybridized carbons (Fsp3) is 0.407. The van der Waals surface area contributed by atoms with Crippen LogP contribution in [0.15, 0.2) is 48.5 Å². The van der Waals surface area contributed by atoms with E-state index in [2.05, 4.69) is 55.5 Å². The second-order valence-corrected chi connectivity index (χ2v) is 9.28. The highest BCUT2D eigenvalue weighted by atomic mass is 16.2. The van der Waals surface area contributed by atoms with Crippen LogP contribution in [-0.4, -0.2) is 37.2 Å². The lowest BCUT2D eigenvalue weighted by molar-refractivity contribution is 0.248. The number of rotatable bonds is 7. The quantitative estimate of drug-likeness (QED) is 0.477. The number of carbonyl (C=O) groups excluding carboxylic acids is 1. The SMILES string of the molecule is CCc1cccc(CN)c1N(C(N)=O)[C@H]1CC[C@@H](Nc2cc(N(C)C)c3ccccc3n2)CC1. The largest absolute Gasteiger partial charge is 0.377 e. The van der Waals surface area contributed by atoms with Crippen LogP contribution in [-0.2, 0) is 13.0 Å². The van der Waals surface area contributed by atoms with Gasteiger partial charge in [0.05, 0.1) is 11.2 Å². The molecule has 1 heterocycles. The van der Waals surface area contributed by atoms with E-state index in [4.69, 9.17) is 16.5 Å². The Kier molecular flexibility index (Phi) is 7.22. The van der Waals surface area contributed by atoms with E-state index < -0.39 is 6.03 Å². The molecule has 0 bridgehead atoms. The number of nitrogens with two attached hydrogens (primary N) is 2. The molecule has 4 rings (SSSR count). The Morgan fingerprint density at radius 3 is 2.41 bits per heavy atom. The Bertz CT molecular complexity index is 1130. The summed E-state index contributed by atoms with van der Waals surface area (Å²) in [5.41, 5.74) is 17.1. The van der Waals surface area contributed by atoms with Gasteiger partial charge in [0.2, 0.25) is 0 Å². The van der Waals surface area contributed by atoms with E-state index in [1.807, 2.05) is 24.3 Å². The van der Waals surface area contributed by atoms with Crippen molar-refractivity contribution < 1.29 is 4.79 Å². The van der Waals surface area contributed by atoms with Crippen molar-refractivity contribution in [2.75, 3.05) is 29.2 Å². The summed E-state index contributed by atoms with van der Waals surface area (Å²) in [6.45, 7) is 2.48. The summed E-state index contributed by atoms with van der Waals surface area (Å²) < 4.78 is 0. The molecule has 1 aromatic heterocycles. The van der Waals surface area contributed by atoms with Gasteiger partial charge in [-0.1, -0.05) is 43.3 Å². The lowest BCUT2D eigenvalue weighted by Crippen LogP contribution is -2.47. The molecule has 180 valence electrons. The fourth-order valence-corrected chi connectivity index (χ4v) is 5.17. The number of aromatic nitrogens is 1. The van der Waals surface area contributed by atoms with Gasteiger partial charge in [-0.15, -0.1) is 0 Å². The summed E-state index contributed by atoms with van der Waals surface area (Å²) in [6, 6.07) is 16.4. The second-order valence-electron chi connectivity index (χ2n) is 9.28. The molecule has 1 saturated carbocycles. The molecule has 0 saturated heterocycles. The van der Waals surface area contributed by atoms with Crippen molar-refractivity contribution in [3.8, 4) is 0 Å². The maximum atomic E-state index is 12.6. The average Bonchev–Trinajstić information content (AvgIpc) is 2.84. The number of pyridine rings is 1. The number of hydrogen-bond donors (Lipinski definition) is 3. The van der Waals surface area contributed by atoms with Crippen LogP contribution >= 0.6 is 0 Å². The van der Waals surface area contributed by atoms with Crippen LogP contribution in [0.25, 0.3) is 10.9 Å². The molecule has 1 aliphatic rings. The predicted molar refractivity (Wildman–Crippen MR) is 142 cm³/mol. The number of para-hydroxylation sites is 2. The zero-order valence-electron chi connectivity index (χ0n) is 20.4. The summed E-state index contributed by atoms with van der Waals surface area (Å²) in [5, 5.41) is 4.79. The maximum Gasteiger partial charge on any atom is 0.319 e. The van der Waals surface area contributed by atoms with Crippen LogP contribution in [0, 0.1) is 0 Å². The number of hydrogen-bond acceptors (Lipinski definition) is 5. The van der Waals surface area contributed by atoms with Crippen LogP contribution in [0.2, 0.25) is 0 Å². The molecule has 7 heteroatoms. The summed E-state index contributed by atoms with van der Waals surface area (Å²) in [6.07, 6.45) is 4.44. The third-order valence-electron chi connectivity index (χ3n) is 6.87. The topological polar surface area (TPSA) is 101 Å². The Labute approximate surface area is 202 Å². The summed E-state index contributed by atoms with van der Waals surface area (Å²) >= 11 is 0. The second kappa shape index (κ2) is 10.3. The van der Waals surface area contributed by atoms with Gasteiger partial charge in [-0.05, 0) is 49.3 Å². The van der Waals surface area contributed by atoms with Gasteiger partial charge in [-0.3, -0.25) is 4.90 Å². The van der Waals surface area contributed by atoms with Crippen LogP contribution in [0.4, 0.5) is 22.0 Å². The highest BCUT2D eigenvalue weighted by molar-refractivity contribution is 5.94. The number of carbonyl (C=O) groups is 1. The molecule has 34 heavy (non-hydrogen) atoms. The number of nitrogens with zero attached hydrogens (tertiary/aromatic N) is 3. The third-order valence-corrected chi connectivity index (χ3v) is 6.87. The molecule has 1 aliphatic carbocycles. The molecule has 3 aromatic rings. The number of anilines is 3. The Morgan fingerprint density at radius 2 is 1.76 bits per heavy atom. The summed E-state index contributed by atoms with van der Waals surface area (Å²) in [4.78, 5) is 21.4. The van der Waals surface area contributed by atoms with Crippen molar-refractivity contribution in [1.29, 1.82) is 0 Å². The third kappa shape index (κ3) is 4.80. The average molecular weight is 461 g/mol. The monoisotopic (exact) mass is 460 g/mol. The molecule has 0 atom stereocenters. The van der Waals surface area contributed by atoms with Crippen molar-refractivity contribution >= 4 is 34.1 Å². The molecule has 0 radical (unpaired) electrons. The number of amides is 2. The van der Waals surface area contributed by atoms with Crippen molar-refractivity contribution in [3.63, 3.8) is 0 Å². The normalized spacial score (nSPS) is 18.0. The number of aryl methyl sites for hydroxylation is 1. The van der Waals surface area contributed by atoms with Gasteiger partial charge < -0.3 is 21.7 Å². The van der Waals surface area contributed by atoms with Crippen molar-refractivity contribution in [2.24, 2.45) is 11.5 Å². The summed E-state index contributed by atoms with van der Waals surface area (Å²) in [5.74, 6) is 0.888. The highest BCUT2D eigenvalue weighted by Gasteiger charge is 2.31. The number of primary amides is 1. The number of fused-ring (bicyclic) bond motifs is 1. The molecule has 0 unspecified atom stereocenters. The Balaban J connectivity index is 1.52. The van der Waals surface area contributed by atoms with Gasteiger partial charge in [0, 0.05) is 49.9 Å². The van der Waals surface area contributed by atoms with E-state index in [1.165, 1.54) is 0 Å². The van der Waals surface area contributed by atoms with Crippen LogP contribution in [0.3, 0.4) is 0 Å². The molecule has 2 aromatic carbocycles. The van der Waals surface area contributed by atoms with Gasteiger partial charge in [0.1, 0.15) is 5.82 Å². The molecular weight excluding hydrogens is 424 g/mol. The van der Waals surface area contributed by atoms with Gasteiger partial charge >= 0.3 is 6.03 Å². The number of benzene rings is 2. The van der Waals surface area contributed by atoms with E-state index >= 15 is 0 Å². The standard InChI is InChI=1S/C27H36N6O/c1-4-18-8-7-9-19(17-28)26(18)33(27(29)34)21-14-12-20(13-15-21)30-25-16-24(32(2)3)22-10-5-6-11-23(22)31-25/h5-11,16,20-21H,4,12-15,17,28H2,1-3H3,(H2,29,34)(H,30,31)/t20-,21+. The first-order valence-electron chi connectivity index (χ1n) is 12.2. The van der Waals surface area contributed by atoms with E-state index in [9.17, 15) is 4.79 Å². The molecule has 2 amide bonds.